The fraction of sp³-hybridized carbons (Fsp3) is 0.136. The lowest BCUT2D eigenvalue weighted by Gasteiger charge is -2.13. The summed E-state index contributed by atoms with van der Waals surface area (Å²) in [6, 6.07) is 15.4. The minimum atomic E-state index is -0.424. The molecule has 1 aromatic heterocycles. The molecule has 30 heavy (non-hydrogen) atoms. The Morgan fingerprint density at radius 1 is 1.03 bits per heavy atom. The number of carbonyl (C=O) groups excluding carboxylic acids is 2. The van der Waals surface area contributed by atoms with Gasteiger partial charge in [-0.3, -0.25) is 14.6 Å². The van der Waals surface area contributed by atoms with Crippen molar-refractivity contribution in [3.05, 3.63) is 83.1 Å². The topological polar surface area (TPSA) is 89.6 Å². The molecule has 0 saturated carbocycles. The summed E-state index contributed by atoms with van der Waals surface area (Å²) in [5.41, 5.74) is 1.77. The van der Waals surface area contributed by atoms with Crippen LogP contribution in [0.1, 0.15) is 15.9 Å². The maximum absolute atomic E-state index is 12.2. The van der Waals surface area contributed by atoms with Crippen molar-refractivity contribution < 1.29 is 19.1 Å². The molecule has 0 radical (unpaired) electrons. The molecule has 0 bridgehead atoms. The average molecular weight is 426 g/mol. The van der Waals surface area contributed by atoms with E-state index in [2.05, 4.69) is 15.6 Å². The van der Waals surface area contributed by atoms with E-state index in [4.69, 9.17) is 21.1 Å². The minimum Gasteiger partial charge on any atom is -0.493 e. The van der Waals surface area contributed by atoms with Gasteiger partial charge in [0.2, 0.25) is 5.91 Å². The number of nitrogens with zero attached hydrogens (tertiary/aromatic N) is 1. The highest BCUT2D eigenvalue weighted by Gasteiger charge is 2.12. The number of nitrogens with one attached hydrogen (secondary N) is 2. The Morgan fingerprint density at radius 2 is 1.80 bits per heavy atom. The van der Waals surface area contributed by atoms with Crippen molar-refractivity contribution >= 4 is 29.1 Å². The molecule has 2 N–H and O–H groups in total. The molecule has 0 saturated heterocycles. The molecule has 3 aromatic rings. The van der Waals surface area contributed by atoms with Gasteiger partial charge in [-0.05, 0) is 42.0 Å². The summed E-state index contributed by atoms with van der Waals surface area (Å²) in [6.07, 6.45) is 3.37. The van der Waals surface area contributed by atoms with Crippen LogP contribution in [0.4, 0.5) is 5.69 Å². The zero-order valence-electron chi connectivity index (χ0n) is 16.2. The molecule has 2 amide bonds. The van der Waals surface area contributed by atoms with Gasteiger partial charge in [-0.25, -0.2) is 0 Å². The summed E-state index contributed by atoms with van der Waals surface area (Å²) >= 11 is 5.99. The lowest BCUT2D eigenvalue weighted by Crippen LogP contribution is -2.33. The van der Waals surface area contributed by atoms with Gasteiger partial charge in [0, 0.05) is 24.1 Å². The molecule has 0 aliphatic carbocycles. The predicted molar refractivity (Wildman–Crippen MR) is 114 cm³/mol. The van der Waals surface area contributed by atoms with Crippen LogP contribution >= 0.6 is 11.6 Å². The standard InChI is InChI=1S/C22H20ClN3O4/c1-29-19-7-6-16(12-20(19)30-14-15-8-10-24-11-9-15)26-21(27)13-25-22(28)17-4-2-3-5-18(17)23/h2-12H,13-14H2,1H3,(H,25,28)(H,26,27). The molecule has 154 valence electrons. The lowest BCUT2D eigenvalue weighted by atomic mass is 10.2. The van der Waals surface area contributed by atoms with E-state index in [9.17, 15) is 9.59 Å². The van der Waals surface area contributed by atoms with Crippen LogP contribution < -0.4 is 20.1 Å². The first-order chi connectivity index (χ1) is 14.6. The van der Waals surface area contributed by atoms with E-state index >= 15 is 0 Å². The van der Waals surface area contributed by atoms with Crippen LogP contribution in [-0.2, 0) is 11.4 Å². The number of ether oxygens (including phenoxy) is 2. The van der Waals surface area contributed by atoms with Gasteiger partial charge in [0.25, 0.3) is 5.91 Å². The van der Waals surface area contributed by atoms with Crippen molar-refractivity contribution in [3.63, 3.8) is 0 Å². The fourth-order valence-corrected chi connectivity index (χ4v) is 2.84. The van der Waals surface area contributed by atoms with Crippen LogP contribution in [0.2, 0.25) is 5.02 Å². The number of methoxy groups -OCH3 is 1. The number of halogens is 1. The van der Waals surface area contributed by atoms with Crippen molar-refractivity contribution in [1.82, 2.24) is 10.3 Å². The number of aromatic nitrogens is 1. The summed E-state index contributed by atoms with van der Waals surface area (Å²) in [5, 5.41) is 5.59. The molecule has 2 aromatic carbocycles. The largest absolute Gasteiger partial charge is 0.493 e. The quantitative estimate of drug-likeness (QED) is 0.574. The van der Waals surface area contributed by atoms with Crippen molar-refractivity contribution in [3.8, 4) is 11.5 Å². The third-order valence-corrected chi connectivity index (χ3v) is 4.45. The molecule has 0 aliphatic heterocycles. The van der Waals surface area contributed by atoms with E-state index in [1.54, 1.807) is 54.9 Å². The first-order valence-electron chi connectivity index (χ1n) is 9.09. The summed E-state index contributed by atoms with van der Waals surface area (Å²) in [7, 11) is 1.54. The van der Waals surface area contributed by atoms with E-state index in [1.807, 2.05) is 12.1 Å². The smallest absolute Gasteiger partial charge is 0.253 e. The third kappa shape index (κ3) is 5.71. The minimum absolute atomic E-state index is 0.205. The van der Waals surface area contributed by atoms with Crippen LogP contribution in [-0.4, -0.2) is 30.5 Å². The first kappa shape index (κ1) is 21.1. The van der Waals surface area contributed by atoms with E-state index in [1.165, 1.54) is 7.11 Å². The van der Waals surface area contributed by atoms with Crippen molar-refractivity contribution in [2.75, 3.05) is 19.0 Å². The van der Waals surface area contributed by atoms with Crippen LogP contribution in [0.5, 0.6) is 11.5 Å². The van der Waals surface area contributed by atoms with E-state index in [-0.39, 0.29) is 12.5 Å². The zero-order valence-corrected chi connectivity index (χ0v) is 17.0. The van der Waals surface area contributed by atoms with Gasteiger partial charge in [-0.1, -0.05) is 23.7 Å². The summed E-state index contributed by atoms with van der Waals surface area (Å²) < 4.78 is 11.1. The third-order valence-electron chi connectivity index (χ3n) is 4.12. The number of rotatable bonds is 8. The summed E-state index contributed by atoms with van der Waals surface area (Å²) in [4.78, 5) is 28.4. The van der Waals surface area contributed by atoms with E-state index in [0.717, 1.165) is 5.56 Å². The Hall–Kier alpha value is -3.58. The number of hydrogen-bond acceptors (Lipinski definition) is 5. The SMILES string of the molecule is COc1ccc(NC(=O)CNC(=O)c2ccccc2Cl)cc1OCc1ccncc1. The second-order valence-electron chi connectivity index (χ2n) is 6.22. The summed E-state index contributed by atoms with van der Waals surface area (Å²) in [6.45, 7) is 0.119. The molecule has 8 heteroatoms. The second-order valence-corrected chi connectivity index (χ2v) is 6.63. The Morgan fingerprint density at radius 3 is 2.53 bits per heavy atom. The van der Waals surface area contributed by atoms with Gasteiger partial charge in [-0.2, -0.15) is 0 Å². The molecule has 0 atom stereocenters. The molecular weight excluding hydrogens is 406 g/mol. The maximum atomic E-state index is 12.2. The predicted octanol–water partition coefficient (Wildman–Crippen LogP) is 3.69. The molecule has 3 rings (SSSR count). The zero-order chi connectivity index (χ0) is 21.3. The molecule has 0 spiro atoms. The fourth-order valence-electron chi connectivity index (χ4n) is 2.61. The first-order valence-corrected chi connectivity index (χ1v) is 9.47. The van der Waals surface area contributed by atoms with Crippen molar-refractivity contribution in [2.45, 2.75) is 6.61 Å². The number of pyridine rings is 1. The monoisotopic (exact) mass is 425 g/mol. The molecule has 0 fully saturated rings. The highest BCUT2D eigenvalue weighted by Crippen LogP contribution is 2.30. The van der Waals surface area contributed by atoms with Crippen LogP contribution in [0, 0.1) is 0 Å². The molecular formula is C22H20ClN3O4. The average Bonchev–Trinajstić information content (AvgIpc) is 2.77. The maximum Gasteiger partial charge on any atom is 0.253 e. The molecule has 0 aliphatic rings. The van der Waals surface area contributed by atoms with Gasteiger partial charge in [0.1, 0.15) is 6.61 Å². The molecule has 7 nitrogen and oxygen atoms in total. The highest BCUT2D eigenvalue weighted by molar-refractivity contribution is 6.33. The lowest BCUT2D eigenvalue weighted by molar-refractivity contribution is -0.115. The second kappa shape index (κ2) is 10.3. The Labute approximate surface area is 179 Å². The van der Waals surface area contributed by atoms with Gasteiger partial charge >= 0.3 is 0 Å². The van der Waals surface area contributed by atoms with Gasteiger partial charge in [0.15, 0.2) is 11.5 Å². The Kier molecular flexibility index (Phi) is 7.24. The number of carbonyl (C=O) groups is 2. The number of anilines is 1. The summed E-state index contributed by atoms with van der Waals surface area (Å²) in [5.74, 6) is 0.203. The number of benzene rings is 2. The van der Waals surface area contributed by atoms with Gasteiger partial charge < -0.3 is 20.1 Å². The Bertz CT molecular complexity index is 1030. The highest BCUT2D eigenvalue weighted by atomic mass is 35.5. The van der Waals surface area contributed by atoms with E-state index in [0.29, 0.717) is 34.4 Å². The van der Waals surface area contributed by atoms with Gasteiger partial charge in [0.05, 0.1) is 24.2 Å². The van der Waals surface area contributed by atoms with Crippen LogP contribution in [0.3, 0.4) is 0 Å². The number of hydrogen-bond donors (Lipinski definition) is 2. The van der Waals surface area contributed by atoms with Crippen LogP contribution in [0.25, 0.3) is 0 Å². The van der Waals surface area contributed by atoms with E-state index < -0.39 is 5.91 Å². The number of amides is 2. The van der Waals surface area contributed by atoms with Crippen molar-refractivity contribution in [1.29, 1.82) is 0 Å². The molecule has 0 unspecified atom stereocenters. The Balaban J connectivity index is 1.59. The van der Waals surface area contributed by atoms with Crippen LogP contribution in [0.15, 0.2) is 67.0 Å². The normalized spacial score (nSPS) is 10.2. The van der Waals surface area contributed by atoms with Crippen molar-refractivity contribution in [2.24, 2.45) is 0 Å². The van der Waals surface area contributed by atoms with Gasteiger partial charge in [-0.15, -0.1) is 0 Å². The molecule has 1 heterocycles.